The van der Waals surface area contributed by atoms with Gasteiger partial charge >= 0.3 is 5.97 Å². The van der Waals surface area contributed by atoms with Gasteiger partial charge in [-0.2, -0.15) is 0 Å². The number of hydrogen-bond acceptors (Lipinski definition) is 3. The molecule has 23 heavy (non-hydrogen) atoms. The lowest BCUT2D eigenvalue weighted by Gasteiger charge is -2.31. The summed E-state index contributed by atoms with van der Waals surface area (Å²) in [4.78, 5) is 17.5. The molecule has 3 rings (SSSR count). The number of carbonyl (C=O) groups is 1. The van der Waals surface area contributed by atoms with Crippen molar-refractivity contribution in [3.63, 3.8) is 0 Å². The van der Waals surface area contributed by atoms with Crippen LogP contribution in [-0.2, 0) is 6.54 Å². The van der Waals surface area contributed by atoms with E-state index in [-0.39, 0.29) is 11.5 Å². The van der Waals surface area contributed by atoms with Crippen LogP contribution < -0.4 is 4.90 Å². The highest BCUT2D eigenvalue weighted by molar-refractivity contribution is 5.85. The van der Waals surface area contributed by atoms with Crippen LogP contribution >= 0.6 is 0 Å². The number of carboxylic acid groups (broad SMARTS) is 1. The zero-order valence-electron chi connectivity index (χ0n) is 12.8. The van der Waals surface area contributed by atoms with E-state index in [9.17, 15) is 9.18 Å². The molecule has 0 bridgehead atoms. The number of nitrogens with zero attached hydrogens (tertiary/aromatic N) is 2. The summed E-state index contributed by atoms with van der Waals surface area (Å²) in [7, 11) is 0. The molecule has 1 aliphatic rings. The zero-order chi connectivity index (χ0) is 16.2. The van der Waals surface area contributed by atoms with Crippen LogP contribution in [0.4, 0.5) is 10.1 Å². The van der Waals surface area contributed by atoms with Crippen LogP contribution in [0.15, 0.2) is 42.5 Å². The third-order valence-electron chi connectivity index (χ3n) is 4.28. The van der Waals surface area contributed by atoms with E-state index in [1.165, 1.54) is 31.0 Å². The van der Waals surface area contributed by atoms with Gasteiger partial charge in [-0.25, -0.2) is 14.2 Å². The Balaban J connectivity index is 1.87. The van der Waals surface area contributed by atoms with Gasteiger partial charge in [-0.3, -0.25) is 0 Å². The van der Waals surface area contributed by atoms with Crippen molar-refractivity contribution in [1.82, 2.24) is 4.98 Å². The van der Waals surface area contributed by atoms with Crippen molar-refractivity contribution >= 4 is 11.7 Å². The molecule has 0 radical (unpaired) electrons. The van der Waals surface area contributed by atoms with Gasteiger partial charge < -0.3 is 10.0 Å². The molecule has 0 unspecified atom stereocenters. The van der Waals surface area contributed by atoms with Crippen molar-refractivity contribution in [2.75, 3.05) is 4.90 Å². The predicted octanol–water partition coefficient (Wildman–Crippen LogP) is 3.87. The number of pyridine rings is 1. The molecule has 1 aromatic carbocycles. The third-order valence-corrected chi connectivity index (χ3v) is 4.28. The number of aromatic nitrogens is 1. The van der Waals surface area contributed by atoms with Gasteiger partial charge in [-0.1, -0.05) is 18.9 Å². The van der Waals surface area contributed by atoms with Crippen LogP contribution in [-0.4, -0.2) is 22.1 Å². The quantitative estimate of drug-likeness (QED) is 0.910. The fourth-order valence-electron chi connectivity index (χ4n) is 3.14. The SMILES string of the molecule is O=C(O)c1cccc(CN(c2ccc(F)cc2)C2CCCC2)n1. The molecule has 0 spiro atoms. The first-order valence-electron chi connectivity index (χ1n) is 7.85. The van der Waals surface area contributed by atoms with Gasteiger partial charge in [-0.15, -0.1) is 0 Å². The van der Waals surface area contributed by atoms with E-state index >= 15 is 0 Å². The van der Waals surface area contributed by atoms with Crippen molar-refractivity contribution < 1.29 is 14.3 Å². The van der Waals surface area contributed by atoms with Gasteiger partial charge in [0.1, 0.15) is 11.5 Å². The van der Waals surface area contributed by atoms with Crippen LogP contribution in [0.25, 0.3) is 0 Å². The molecule has 1 saturated carbocycles. The molecule has 1 heterocycles. The molecule has 4 nitrogen and oxygen atoms in total. The smallest absolute Gasteiger partial charge is 0.354 e. The average molecular weight is 314 g/mol. The minimum absolute atomic E-state index is 0.0491. The molecule has 1 fully saturated rings. The Morgan fingerprint density at radius 1 is 1.17 bits per heavy atom. The van der Waals surface area contributed by atoms with Gasteiger partial charge in [0.2, 0.25) is 0 Å². The van der Waals surface area contributed by atoms with E-state index in [2.05, 4.69) is 9.88 Å². The lowest BCUT2D eigenvalue weighted by molar-refractivity contribution is 0.0690. The van der Waals surface area contributed by atoms with E-state index < -0.39 is 5.97 Å². The van der Waals surface area contributed by atoms with E-state index in [1.807, 2.05) is 6.07 Å². The van der Waals surface area contributed by atoms with Crippen molar-refractivity contribution in [3.05, 3.63) is 59.7 Å². The van der Waals surface area contributed by atoms with Crippen LogP contribution in [0.2, 0.25) is 0 Å². The topological polar surface area (TPSA) is 53.4 Å². The van der Waals surface area contributed by atoms with Crippen LogP contribution in [0.1, 0.15) is 41.9 Å². The fourth-order valence-corrected chi connectivity index (χ4v) is 3.14. The maximum atomic E-state index is 13.2. The van der Waals surface area contributed by atoms with Gasteiger partial charge in [0.05, 0.1) is 12.2 Å². The second kappa shape index (κ2) is 6.77. The second-order valence-corrected chi connectivity index (χ2v) is 5.86. The van der Waals surface area contributed by atoms with Crippen molar-refractivity contribution in [2.24, 2.45) is 0 Å². The molecule has 1 aliphatic carbocycles. The number of benzene rings is 1. The molecule has 0 amide bonds. The van der Waals surface area contributed by atoms with E-state index in [0.717, 1.165) is 18.5 Å². The highest BCUT2D eigenvalue weighted by atomic mass is 19.1. The Kier molecular flexibility index (Phi) is 4.55. The predicted molar refractivity (Wildman–Crippen MR) is 86.0 cm³/mol. The van der Waals surface area contributed by atoms with Crippen LogP contribution in [0, 0.1) is 5.82 Å². The molecule has 0 saturated heterocycles. The number of anilines is 1. The Bertz CT molecular complexity index is 682. The molecule has 0 aliphatic heterocycles. The molecule has 2 aromatic rings. The summed E-state index contributed by atoms with van der Waals surface area (Å²) in [5.74, 6) is -1.29. The van der Waals surface area contributed by atoms with Crippen molar-refractivity contribution in [3.8, 4) is 0 Å². The molecule has 1 aromatic heterocycles. The first-order chi connectivity index (χ1) is 11.1. The van der Waals surface area contributed by atoms with Crippen LogP contribution in [0.3, 0.4) is 0 Å². The number of carboxylic acids is 1. The molecule has 5 heteroatoms. The summed E-state index contributed by atoms with van der Waals surface area (Å²) in [5.41, 5.74) is 1.70. The second-order valence-electron chi connectivity index (χ2n) is 5.86. The van der Waals surface area contributed by atoms with E-state index in [1.54, 1.807) is 18.2 Å². The molecule has 0 atom stereocenters. The molecular weight excluding hydrogens is 295 g/mol. The fraction of sp³-hybridized carbons (Fsp3) is 0.333. The molecular formula is C18H19FN2O2. The number of aromatic carboxylic acids is 1. The summed E-state index contributed by atoms with van der Waals surface area (Å²) >= 11 is 0. The average Bonchev–Trinajstić information content (AvgIpc) is 3.08. The van der Waals surface area contributed by atoms with Gasteiger partial charge in [-0.05, 0) is 49.2 Å². The zero-order valence-corrected chi connectivity index (χ0v) is 12.8. The number of rotatable bonds is 5. The first-order valence-corrected chi connectivity index (χ1v) is 7.85. The largest absolute Gasteiger partial charge is 0.477 e. The Morgan fingerprint density at radius 3 is 2.52 bits per heavy atom. The monoisotopic (exact) mass is 314 g/mol. The Labute approximate surface area is 134 Å². The summed E-state index contributed by atoms with van der Waals surface area (Å²) in [6.07, 6.45) is 4.56. The van der Waals surface area contributed by atoms with Gasteiger partial charge in [0.25, 0.3) is 0 Å². The summed E-state index contributed by atoms with van der Waals surface area (Å²) < 4.78 is 13.2. The summed E-state index contributed by atoms with van der Waals surface area (Å²) in [5, 5.41) is 9.08. The van der Waals surface area contributed by atoms with Gasteiger partial charge in [0, 0.05) is 11.7 Å². The highest BCUT2D eigenvalue weighted by Gasteiger charge is 2.23. The lowest BCUT2D eigenvalue weighted by Crippen LogP contribution is -2.33. The van der Waals surface area contributed by atoms with Gasteiger partial charge in [0.15, 0.2) is 0 Å². The number of hydrogen-bond donors (Lipinski definition) is 1. The molecule has 120 valence electrons. The standard InChI is InChI=1S/C18H19FN2O2/c19-13-8-10-16(11-9-13)21(15-5-1-2-6-15)12-14-4-3-7-17(20-14)18(22)23/h3-4,7-11,15H,1-2,5-6,12H2,(H,22,23). The number of halogens is 1. The minimum Gasteiger partial charge on any atom is -0.477 e. The summed E-state index contributed by atoms with van der Waals surface area (Å²) in [6, 6.07) is 11.9. The normalized spacial score (nSPS) is 14.8. The Hall–Kier alpha value is -2.43. The first kappa shape index (κ1) is 15.5. The Morgan fingerprint density at radius 2 is 1.87 bits per heavy atom. The maximum absolute atomic E-state index is 13.2. The van der Waals surface area contributed by atoms with Crippen molar-refractivity contribution in [2.45, 2.75) is 38.3 Å². The van der Waals surface area contributed by atoms with Crippen molar-refractivity contribution in [1.29, 1.82) is 0 Å². The lowest BCUT2D eigenvalue weighted by atomic mass is 10.1. The van der Waals surface area contributed by atoms with Crippen LogP contribution in [0.5, 0.6) is 0 Å². The third kappa shape index (κ3) is 3.67. The molecule has 1 N–H and O–H groups in total. The highest BCUT2D eigenvalue weighted by Crippen LogP contribution is 2.29. The van der Waals surface area contributed by atoms with E-state index in [0.29, 0.717) is 18.3 Å². The minimum atomic E-state index is -1.03. The summed E-state index contributed by atoms with van der Waals surface area (Å²) in [6.45, 7) is 0.525. The van der Waals surface area contributed by atoms with E-state index in [4.69, 9.17) is 5.11 Å². The maximum Gasteiger partial charge on any atom is 0.354 e.